The Hall–Kier alpha value is -3.00. The minimum Gasteiger partial charge on any atom is -0.406 e. The first-order valence-corrected chi connectivity index (χ1v) is 7.92. The van der Waals surface area contributed by atoms with Gasteiger partial charge < -0.3 is 15.8 Å². The minimum atomic E-state index is -4.78. The highest BCUT2D eigenvalue weighted by Gasteiger charge is 2.31. The van der Waals surface area contributed by atoms with Crippen molar-refractivity contribution in [3.05, 3.63) is 36.0 Å². The lowest BCUT2D eigenvalue weighted by atomic mass is 10.3. The van der Waals surface area contributed by atoms with Gasteiger partial charge in [-0.3, -0.25) is 4.79 Å². The molecule has 0 aliphatic heterocycles. The maximum Gasteiger partial charge on any atom is 0.573 e. The van der Waals surface area contributed by atoms with Crippen LogP contribution in [-0.2, 0) is 4.79 Å². The summed E-state index contributed by atoms with van der Waals surface area (Å²) in [5.74, 6) is -0.789. The zero-order chi connectivity index (χ0) is 19.3. The average molecular weight is 383 g/mol. The number of alkyl halides is 3. The van der Waals surface area contributed by atoms with Crippen LogP contribution in [0.1, 0.15) is 12.5 Å². The highest BCUT2D eigenvalue weighted by atomic mass is 32.2. The molecule has 3 N–H and O–H groups in total. The summed E-state index contributed by atoms with van der Waals surface area (Å²) in [6, 6.07) is 6.58. The average Bonchev–Trinajstić information content (AvgIpc) is 2.55. The number of nitrogen functional groups attached to an aromatic ring is 1. The third-order valence-electron chi connectivity index (χ3n) is 2.92. The van der Waals surface area contributed by atoms with Gasteiger partial charge in [-0.1, -0.05) is 11.8 Å². The third-order valence-corrected chi connectivity index (χ3v) is 3.90. The molecule has 0 saturated heterocycles. The molecule has 2 rings (SSSR count). The molecule has 136 valence electrons. The molecule has 1 unspecified atom stereocenters. The first-order chi connectivity index (χ1) is 12.2. The Bertz CT molecular complexity index is 837. The largest absolute Gasteiger partial charge is 0.573 e. The van der Waals surface area contributed by atoms with E-state index >= 15 is 0 Å². The van der Waals surface area contributed by atoms with E-state index in [0.717, 1.165) is 23.9 Å². The smallest absolute Gasteiger partial charge is 0.406 e. The fraction of sp³-hybridized carbons (Fsp3) is 0.200. The molecule has 0 fully saturated rings. The Kier molecular flexibility index (Phi) is 5.89. The van der Waals surface area contributed by atoms with E-state index in [9.17, 15) is 18.0 Å². The summed E-state index contributed by atoms with van der Waals surface area (Å²) in [4.78, 5) is 20.0. The summed E-state index contributed by atoms with van der Waals surface area (Å²) < 4.78 is 40.1. The lowest BCUT2D eigenvalue weighted by molar-refractivity contribution is -0.274. The number of nitrogens with two attached hydrogens (primary N) is 1. The number of nitriles is 1. The van der Waals surface area contributed by atoms with Gasteiger partial charge in [-0.2, -0.15) is 5.26 Å². The first kappa shape index (κ1) is 19.3. The third kappa shape index (κ3) is 5.52. The van der Waals surface area contributed by atoms with Crippen molar-refractivity contribution in [2.24, 2.45) is 0 Å². The van der Waals surface area contributed by atoms with E-state index in [-0.39, 0.29) is 22.3 Å². The van der Waals surface area contributed by atoms with Crippen LogP contribution in [0.15, 0.2) is 35.6 Å². The summed E-state index contributed by atoms with van der Waals surface area (Å²) in [6.45, 7) is 1.60. The highest BCUT2D eigenvalue weighted by Crippen LogP contribution is 2.25. The minimum absolute atomic E-state index is 0.0119. The van der Waals surface area contributed by atoms with Crippen LogP contribution in [0.2, 0.25) is 0 Å². The number of amides is 1. The van der Waals surface area contributed by atoms with E-state index in [1.807, 2.05) is 6.07 Å². The molecule has 1 aromatic carbocycles. The fourth-order valence-electron chi connectivity index (χ4n) is 1.72. The molecule has 0 spiro atoms. The van der Waals surface area contributed by atoms with Crippen LogP contribution in [0, 0.1) is 11.3 Å². The number of carbonyl (C=O) groups excluding carboxylic acids is 1. The van der Waals surface area contributed by atoms with E-state index in [0.29, 0.717) is 5.69 Å². The zero-order valence-corrected chi connectivity index (χ0v) is 14.1. The lowest BCUT2D eigenvalue weighted by Gasteiger charge is -2.12. The summed E-state index contributed by atoms with van der Waals surface area (Å²) in [5.41, 5.74) is 6.02. The van der Waals surface area contributed by atoms with Gasteiger partial charge in [0.05, 0.1) is 11.4 Å². The number of rotatable bonds is 5. The Morgan fingerprint density at radius 1 is 1.38 bits per heavy atom. The molecule has 26 heavy (non-hydrogen) atoms. The zero-order valence-electron chi connectivity index (χ0n) is 13.2. The molecule has 0 aliphatic carbocycles. The molecular formula is C15H12F3N5O2S. The number of ether oxygens (including phenoxy) is 1. The van der Waals surface area contributed by atoms with Gasteiger partial charge in [0.2, 0.25) is 5.91 Å². The predicted molar refractivity (Wildman–Crippen MR) is 88.2 cm³/mol. The van der Waals surface area contributed by atoms with Crippen LogP contribution in [0.4, 0.5) is 24.7 Å². The van der Waals surface area contributed by atoms with E-state index in [4.69, 9.17) is 11.0 Å². The monoisotopic (exact) mass is 383 g/mol. The number of benzene rings is 1. The fourth-order valence-corrected chi connectivity index (χ4v) is 2.46. The normalized spacial score (nSPS) is 12.1. The maximum atomic E-state index is 12.2. The van der Waals surface area contributed by atoms with Gasteiger partial charge in [0, 0.05) is 5.69 Å². The first-order valence-electron chi connectivity index (χ1n) is 7.04. The van der Waals surface area contributed by atoms with Crippen LogP contribution in [0.25, 0.3) is 0 Å². The number of thioether (sulfide) groups is 1. The number of hydrogen-bond acceptors (Lipinski definition) is 7. The Morgan fingerprint density at radius 2 is 2.04 bits per heavy atom. The predicted octanol–water partition coefficient (Wildman–Crippen LogP) is 2.95. The highest BCUT2D eigenvalue weighted by molar-refractivity contribution is 8.00. The second-order valence-corrected chi connectivity index (χ2v) is 6.19. The quantitative estimate of drug-likeness (QED) is 0.603. The van der Waals surface area contributed by atoms with Crippen molar-refractivity contribution >= 4 is 29.2 Å². The van der Waals surface area contributed by atoms with Gasteiger partial charge in [-0.15, -0.1) is 13.2 Å². The molecule has 7 nitrogen and oxygen atoms in total. The summed E-state index contributed by atoms with van der Waals surface area (Å²) in [6.07, 6.45) is -3.52. The Labute approximate surface area is 150 Å². The van der Waals surface area contributed by atoms with Crippen molar-refractivity contribution in [2.45, 2.75) is 23.7 Å². The molecule has 0 saturated carbocycles. The number of halogens is 3. The van der Waals surface area contributed by atoms with Gasteiger partial charge in [-0.25, -0.2) is 9.97 Å². The molecular weight excluding hydrogens is 371 g/mol. The van der Waals surface area contributed by atoms with E-state index in [2.05, 4.69) is 20.0 Å². The van der Waals surface area contributed by atoms with Crippen molar-refractivity contribution in [1.82, 2.24) is 9.97 Å². The Morgan fingerprint density at radius 3 is 2.58 bits per heavy atom. The maximum absolute atomic E-state index is 12.2. The number of hydrogen-bond donors (Lipinski definition) is 2. The number of anilines is 2. The number of aromatic nitrogens is 2. The standard InChI is InChI=1S/C15H12F3N5O2S/c1-8(26-14-21-7-9(6-19)12(20)23-14)13(24)22-10-2-4-11(5-3-10)25-15(16,17)18/h2-5,7-8H,1H3,(H,22,24)(H2,20,21,23). The second kappa shape index (κ2) is 7.92. The van der Waals surface area contributed by atoms with Gasteiger partial charge in [0.1, 0.15) is 23.2 Å². The summed E-state index contributed by atoms with van der Waals surface area (Å²) in [7, 11) is 0. The van der Waals surface area contributed by atoms with E-state index < -0.39 is 17.5 Å². The lowest BCUT2D eigenvalue weighted by Crippen LogP contribution is -2.22. The number of carbonyl (C=O) groups is 1. The second-order valence-electron chi connectivity index (χ2n) is 4.88. The molecule has 0 bridgehead atoms. The van der Waals surface area contributed by atoms with Crippen LogP contribution < -0.4 is 15.8 Å². The van der Waals surface area contributed by atoms with Crippen LogP contribution in [0.3, 0.4) is 0 Å². The summed E-state index contributed by atoms with van der Waals surface area (Å²) >= 11 is 1.02. The molecule has 11 heteroatoms. The van der Waals surface area contributed by atoms with Crippen molar-refractivity contribution in [2.75, 3.05) is 11.1 Å². The van der Waals surface area contributed by atoms with Crippen molar-refractivity contribution in [1.29, 1.82) is 5.26 Å². The van der Waals surface area contributed by atoms with Gasteiger partial charge in [0.25, 0.3) is 0 Å². The van der Waals surface area contributed by atoms with Gasteiger partial charge in [-0.05, 0) is 31.2 Å². The molecule has 2 aromatic rings. The molecule has 1 atom stereocenters. The topological polar surface area (TPSA) is 114 Å². The van der Waals surface area contributed by atoms with Crippen molar-refractivity contribution < 1.29 is 22.7 Å². The SMILES string of the molecule is CC(Sc1ncc(C#N)c(N)n1)C(=O)Nc1ccc(OC(F)(F)F)cc1. The van der Waals surface area contributed by atoms with Gasteiger partial charge >= 0.3 is 6.36 Å². The molecule has 1 heterocycles. The Balaban J connectivity index is 1.96. The molecule has 1 amide bonds. The van der Waals surface area contributed by atoms with E-state index in [1.54, 1.807) is 6.92 Å². The van der Waals surface area contributed by atoms with Crippen molar-refractivity contribution in [3.63, 3.8) is 0 Å². The van der Waals surface area contributed by atoms with Crippen LogP contribution in [0.5, 0.6) is 5.75 Å². The molecule has 0 radical (unpaired) electrons. The number of nitrogens with zero attached hydrogens (tertiary/aromatic N) is 3. The summed E-state index contributed by atoms with van der Waals surface area (Å²) in [5, 5.41) is 10.9. The van der Waals surface area contributed by atoms with Gasteiger partial charge in [0.15, 0.2) is 5.16 Å². The molecule has 1 aromatic heterocycles. The van der Waals surface area contributed by atoms with Crippen LogP contribution in [-0.4, -0.2) is 27.5 Å². The number of nitrogens with one attached hydrogen (secondary N) is 1. The van der Waals surface area contributed by atoms with Crippen molar-refractivity contribution in [3.8, 4) is 11.8 Å². The van der Waals surface area contributed by atoms with E-state index in [1.165, 1.54) is 18.3 Å². The van der Waals surface area contributed by atoms with Crippen LogP contribution >= 0.6 is 11.8 Å². The molecule has 0 aliphatic rings.